The molecule has 28 heavy (non-hydrogen) atoms. The van der Waals surface area contributed by atoms with Crippen molar-refractivity contribution in [1.82, 2.24) is 0 Å². The first kappa shape index (κ1) is 19.6. The Labute approximate surface area is 167 Å². The lowest BCUT2D eigenvalue weighted by molar-refractivity contribution is 0.282. The van der Waals surface area contributed by atoms with E-state index in [1.165, 1.54) is 22.3 Å². The number of hydrogen-bond donors (Lipinski definition) is 1. The molecule has 0 radical (unpaired) electrons. The second-order valence-corrected chi connectivity index (χ2v) is 6.91. The smallest absolute Gasteiger partial charge is 0.0687 e. The number of aryl methyl sites for hydroxylation is 2. The Morgan fingerprint density at radius 2 is 0.964 bits per heavy atom. The molecule has 0 saturated heterocycles. The van der Waals surface area contributed by atoms with E-state index in [1.54, 1.807) is 0 Å². The molecule has 1 nitrogen and oxygen atoms in total. The fourth-order valence-electron chi connectivity index (χ4n) is 3.05. The summed E-state index contributed by atoms with van der Waals surface area (Å²) in [5.74, 6) is 0. The van der Waals surface area contributed by atoms with E-state index in [0.717, 1.165) is 16.7 Å². The van der Waals surface area contributed by atoms with Gasteiger partial charge in [-0.15, -0.1) is 0 Å². The quantitative estimate of drug-likeness (QED) is 0.422. The SMILES string of the molecule is Cc1ccc(-c2ccccc2)cc1.Cc1ccc(-c2ccccc2CO)cc1. The maximum Gasteiger partial charge on any atom is 0.0687 e. The third kappa shape index (κ3) is 5.18. The highest BCUT2D eigenvalue weighted by molar-refractivity contribution is 5.67. The third-order valence-electron chi connectivity index (χ3n) is 4.71. The lowest BCUT2D eigenvalue weighted by Crippen LogP contribution is -1.88. The fraction of sp³-hybridized carbons (Fsp3) is 0.111. The lowest BCUT2D eigenvalue weighted by Gasteiger charge is -2.07. The van der Waals surface area contributed by atoms with Crippen molar-refractivity contribution in [3.63, 3.8) is 0 Å². The fourth-order valence-corrected chi connectivity index (χ4v) is 3.05. The Morgan fingerprint density at radius 1 is 0.500 bits per heavy atom. The summed E-state index contributed by atoms with van der Waals surface area (Å²) in [6.07, 6.45) is 0. The number of benzene rings is 4. The summed E-state index contributed by atoms with van der Waals surface area (Å²) in [5, 5.41) is 9.23. The van der Waals surface area contributed by atoms with Crippen molar-refractivity contribution in [3.8, 4) is 22.3 Å². The molecule has 0 amide bonds. The van der Waals surface area contributed by atoms with E-state index >= 15 is 0 Å². The van der Waals surface area contributed by atoms with Crippen LogP contribution in [0.2, 0.25) is 0 Å². The molecule has 0 spiro atoms. The van der Waals surface area contributed by atoms with Gasteiger partial charge < -0.3 is 5.11 Å². The summed E-state index contributed by atoms with van der Waals surface area (Å²) < 4.78 is 0. The largest absolute Gasteiger partial charge is 0.392 e. The average Bonchev–Trinajstić information content (AvgIpc) is 2.76. The van der Waals surface area contributed by atoms with Gasteiger partial charge in [-0.05, 0) is 41.7 Å². The minimum Gasteiger partial charge on any atom is -0.392 e. The van der Waals surface area contributed by atoms with Crippen LogP contribution in [0.15, 0.2) is 103 Å². The van der Waals surface area contributed by atoms with E-state index in [2.05, 4.69) is 86.6 Å². The summed E-state index contributed by atoms with van der Waals surface area (Å²) >= 11 is 0. The van der Waals surface area contributed by atoms with Crippen molar-refractivity contribution >= 4 is 0 Å². The topological polar surface area (TPSA) is 20.2 Å². The molecule has 0 fully saturated rings. The maximum atomic E-state index is 9.23. The van der Waals surface area contributed by atoms with Gasteiger partial charge in [-0.25, -0.2) is 0 Å². The van der Waals surface area contributed by atoms with E-state index in [4.69, 9.17) is 0 Å². The van der Waals surface area contributed by atoms with Crippen LogP contribution in [0.1, 0.15) is 16.7 Å². The van der Waals surface area contributed by atoms with Crippen LogP contribution >= 0.6 is 0 Å². The molecule has 0 aromatic heterocycles. The van der Waals surface area contributed by atoms with Crippen LogP contribution in [-0.2, 0) is 6.61 Å². The van der Waals surface area contributed by atoms with Gasteiger partial charge in [-0.2, -0.15) is 0 Å². The number of aliphatic hydroxyl groups is 1. The predicted molar refractivity (Wildman–Crippen MR) is 119 cm³/mol. The van der Waals surface area contributed by atoms with Crippen LogP contribution in [0.5, 0.6) is 0 Å². The van der Waals surface area contributed by atoms with Gasteiger partial charge in [-0.1, -0.05) is 114 Å². The van der Waals surface area contributed by atoms with Crippen LogP contribution in [0, 0.1) is 13.8 Å². The summed E-state index contributed by atoms with van der Waals surface area (Å²) in [4.78, 5) is 0. The van der Waals surface area contributed by atoms with Gasteiger partial charge in [0.15, 0.2) is 0 Å². The van der Waals surface area contributed by atoms with Gasteiger partial charge in [0.05, 0.1) is 6.61 Å². The van der Waals surface area contributed by atoms with E-state index < -0.39 is 0 Å². The van der Waals surface area contributed by atoms with Gasteiger partial charge in [0.1, 0.15) is 0 Å². The number of hydrogen-bond acceptors (Lipinski definition) is 1. The molecule has 4 rings (SSSR count). The van der Waals surface area contributed by atoms with E-state index in [-0.39, 0.29) is 6.61 Å². The molecule has 140 valence electrons. The first-order valence-electron chi connectivity index (χ1n) is 9.55. The van der Waals surface area contributed by atoms with Crippen LogP contribution in [0.25, 0.3) is 22.3 Å². The second kappa shape index (κ2) is 9.68. The maximum absolute atomic E-state index is 9.23. The Balaban J connectivity index is 0.000000162. The molecule has 4 aromatic rings. The average molecular weight is 367 g/mol. The monoisotopic (exact) mass is 366 g/mol. The van der Waals surface area contributed by atoms with Crippen LogP contribution in [-0.4, -0.2) is 5.11 Å². The molecule has 0 aliphatic carbocycles. The summed E-state index contributed by atoms with van der Waals surface area (Å²) in [5.41, 5.74) is 8.36. The summed E-state index contributed by atoms with van der Waals surface area (Å²) in [7, 11) is 0. The van der Waals surface area contributed by atoms with Crippen molar-refractivity contribution in [1.29, 1.82) is 0 Å². The lowest BCUT2D eigenvalue weighted by atomic mass is 9.99. The number of aliphatic hydroxyl groups excluding tert-OH is 1. The van der Waals surface area contributed by atoms with Crippen molar-refractivity contribution < 1.29 is 5.11 Å². The molecule has 4 aromatic carbocycles. The standard InChI is InChI=1S/C14H14O.C13H12/c1-11-6-8-12(9-7-11)14-5-3-2-4-13(14)10-15;1-11-7-9-13(10-8-11)12-5-3-2-4-6-12/h2-9,15H,10H2,1H3;2-10H,1H3. The summed E-state index contributed by atoms with van der Waals surface area (Å²) in [6.45, 7) is 4.26. The second-order valence-electron chi connectivity index (χ2n) is 6.91. The molecule has 1 heteroatoms. The van der Waals surface area contributed by atoms with Crippen LogP contribution in [0.3, 0.4) is 0 Å². The molecule has 0 aliphatic rings. The van der Waals surface area contributed by atoms with Gasteiger partial charge in [0, 0.05) is 0 Å². The zero-order valence-electron chi connectivity index (χ0n) is 16.5. The zero-order valence-corrected chi connectivity index (χ0v) is 16.5. The molecule has 0 saturated carbocycles. The zero-order chi connectivity index (χ0) is 19.8. The highest BCUT2D eigenvalue weighted by Crippen LogP contribution is 2.23. The van der Waals surface area contributed by atoms with Crippen LogP contribution < -0.4 is 0 Å². The van der Waals surface area contributed by atoms with Gasteiger partial charge >= 0.3 is 0 Å². The van der Waals surface area contributed by atoms with E-state index in [0.29, 0.717) is 0 Å². The Bertz CT molecular complexity index is 984. The van der Waals surface area contributed by atoms with E-state index in [1.807, 2.05) is 30.3 Å². The normalized spacial score (nSPS) is 10.1. The number of rotatable bonds is 3. The van der Waals surface area contributed by atoms with Crippen LogP contribution in [0.4, 0.5) is 0 Å². The van der Waals surface area contributed by atoms with E-state index in [9.17, 15) is 5.11 Å². The predicted octanol–water partition coefficient (Wildman–Crippen LogP) is 6.82. The Kier molecular flexibility index (Phi) is 6.78. The molecule has 0 bridgehead atoms. The van der Waals surface area contributed by atoms with Gasteiger partial charge in [-0.3, -0.25) is 0 Å². The molecule has 0 unspecified atom stereocenters. The third-order valence-corrected chi connectivity index (χ3v) is 4.71. The first-order valence-corrected chi connectivity index (χ1v) is 9.55. The minimum absolute atomic E-state index is 0.0874. The highest BCUT2D eigenvalue weighted by Gasteiger charge is 2.02. The van der Waals surface area contributed by atoms with Crippen molar-refractivity contribution in [2.24, 2.45) is 0 Å². The van der Waals surface area contributed by atoms with Crippen molar-refractivity contribution in [3.05, 3.63) is 120 Å². The van der Waals surface area contributed by atoms with Gasteiger partial charge in [0.2, 0.25) is 0 Å². The summed E-state index contributed by atoms with van der Waals surface area (Å²) in [6, 6.07) is 35.3. The van der Waals surface area contributed by atoms with Crippen molar-refractivity contribution in [2.75, 3.05) is 0 Å². The molecular formula is C27H26O. The van der Waals surface area contributed by atoms with Crippen molar-refractivity contribution in [2.45, 2.75) is 20.5 Å². The highest BCUT2D eigenvalue weighted by atomic mass is 16.3. The first-order chi connectivity index (χ1) is 13.7. The molecule has 1 N–H and O–H groups in total. The Morgan fingerprint density at radius 3 is 1.54 bits per heavy atom. The molecule has 0 atom stereocenters. The molecular weight excluding hydrogens is 340 g/mol. The molecule has 0 heterocycles. The Hall–Kier alpha value is -3.16. The molecule has 0 aliphatic heterocycles. The minimum atomic E-state index is 0.0874. The van der Waals surface area contributed by atoms with Gasteiger partial charge in [0.25, 0.3) is 0 Å².